The first-order valence-electron chi connectivity index (χ1n) is 5.80. The van der Waals surface area contributed by atoms with Crippen molar-refractivity contribution in [3.05, 3.63) is 0 Å². The van der Waals surface area contributed by atoms with Gasteiger partial charge in [-0.25, -0.2) is 4.79 Å². The molecular weight excluding hydrogens is 184 g/mol. The third-order valence-corrected chi connectivity index (χ3v) is 0.981. The Morgan fingerprint density at radius 1 is 1.31 bits per heavy atom. The Morgan fingerprint density at radius 3 is 2.08 bits per heavy atom. The van der Waals surface area contributed by atoms with E-state index in [9.17, 15) is 20.1 Å². The Morgan fingerprint density at radius 2 is 1.77 bits per heavy atom. The molecule has 0 aromatic rings. The van der Waals surface area contributed by atoms with E-state index in [1.807, 2.05) is 0 Å². The molecule has 0 aliphatic rings. The zero-order valence-corrected chi connectivity index (χ0v) is 6.09. The van der Waals surface area contributed by atoms with Gasteiger partial charge in [-0.1, -0.05) is 0 Å². The summed E-state index contributed by atoms with van der Waals surface area (Å²) in [6.45, 7) is -4.09. The summed E-state index contributed by atoms with van der Waals surface area (Å²) in [7, 11) is 0. The number of aliphatic hydroxyl groups is 5. The standard InChI is InChI=1S/C6H12O7/c7-1-2(8)3(9)4(10)5(11)6(12)13/h2-5,7-11H,1H2,(H,12,13)/t2-,3-,4+,5-/m1/s1/i1D2,2D,3D,4D,5D. The predicted octanol–water partition coefficient (Wildman–Crippen LogP) is -3.49. The summed E-state index contributed by atoms with van der Waals surface area (Å²) in [5.74, 6) is -2.62. The van der Waals surface area contributed by atoms with Gasteiger partial charge in [-0.2, -0.15) is 0 Å². The minimum atomic E-state index is -4.51. The van der Waals surface area contributed by atoms with Gasteiger partial charge in [-0.05, 0) is 0 Å². The maximum Gasteiger partial charge on any atom is 0.335 e. The second-order valence-corrected chi connectivity index (χ2v) is 1.81. The summed E-state index contributed by atoms with van der Waals surface area (Å²) in [6, 6.07) is 0. The highest BCUT2D eigenvalue weighted by atomic mass is 16.4. The third kappa shape index (κ3) is 3.25. The molecule has 7 nitrogen and oxygen atoms in total. The van der Waals surface area contributed by atoms with E-state index in [0.29, 0.717) is 0 Å². The molecule has 0 radical (unpaired) electrons. The van der Waals surface area contributed by atoms with Crippen LogP contribution in [-0.4, -0.2) is 67.5 Å². The van der Waals surface area contributed by atoms with Crippen LogP contribution in [0.3, 0.4) is 0 Å². The highest BCUT2D eigenvalue weighted by Gasteiger charge is 2.33. The van der Waals surface area contributed by atoms with E-state index in [-0.39, 0.29) is 0 Å². The molecule has 7 heteroatoms. The van der Waals surface area contributed by atoms with Gasteiger partial charge in [-0.15, -0.1) is 0 Å². The molecule has 78 valence electrons. The van der Waals surface area contributed by atoms with Crippen LogP contribution in [0.25, 0.3) is 0 Å². The van der Waals surface area contributed by atoms with E-state index in [4.69, 9.17) is 23.5 Å². The van der Waals surface area contributed by atoms with Crippen LogP contribution >= 0.6 is 0 Å². The van der Waals surface area contributed by atoms with E-state index < -0.39 is 36.8 Å². The maximum atomic E-state index is 10.5. The van der Waals surface area contributed by atoms with Crippen molar-refractivity contribution in [2.24, 2.45) is 0 Å². The number of carboxylic acids is 1. The fourth-order valence-electron chi connectivity index (χ4n) is 0.379. The Kier molecular flexibility index (Phi) is 2.05. The summed E-state index contributed by atoms with van der Waals surface area (Å²) in [5.41, 5.74) is 0. The van der Waals surface area contributed by atoms with E-state index in [1.54, 1.807) is 0 Å². The average Bonchev–Trinajstić information content (AvgIpc) is 2.14. The Labute approximate surface area is 81.9 Å². The van der Waals surface area contributed by atoms with Gasteiger partial charge in [0.2, 0.25) is 0 Å². The first kappa shape index (κ1) is 5.23. The topological polar surface area (TPSA) is 138 Å². The fourth-order valence-corrected chi connectivity index (χ4v) is 0.379. The molecule has 0 aromatic carbocycles. The van der Waals surface area contributed by atoms with Crippen molar-refractivity contribution in [1.29, 1.82) is 0 Å². The van der Waals surface area contributed by atoms with Gasteiger partial charge in [0.15, 0.2) is 6.08 Å². The van der Waals surface area contributed by atoms with Crippen LogP contribution in [0.1, 0.15) is 8.22 Å². The third-order valence-electron chi connectivity index (χ3n) is 0.981. The summed E-state index contributed by atoms with van der Waals surface area (Å²) in [4.78, 5) is 10.5. The summed E-state index contributed by atoms with van der Waals surface area (Å²) >= 11 is 0. The molecule has 0 amide bonds. The Hall–Kier alpha value is -0.730. The summed E-state index contributed by atoms with van der Waals surface area (Å²) < 4.78 is 40.8. The molecule has 0 saturated heterocycles. The monoisotopic (exact) mass is 202 g/mol. The average molecular weight is 202 g/mol. The lowest BCUT2D eigenvalue weighted by atomic mass is 10.0. The first-order chi connectivity index (χ1) is 7.94. The van der Waals surface area contributed by atoms with E-state index in [2.05, 4.69) is 0 Å². The van der Waals surface area contributed by atoms with Crippen LogP contribution in [0.5, 0.6) is 0 Å². The number of carboxylic acid groups (broad SMARTS) is 1. The van der Waals surface area contributed by atoms with Crippen LogP contribution in [0.2, 0.25) is 0 Å². The molecule has 0 saturated carbocycles. The smallest absolute Gasteiger partial charge is 0.335 e. The summed E-state index contributed by atoms with van der Waals surface area (Å²) in [6.07, 6.45) is -17.7. The molecule has 0 aromatic heterocycles. The second kappa shape index (κ2) is 5.10. The highest BCUT2D eigenvalue weighted by molar-refractivity contribution is 5.72. The minimum Gasteiger partial charge on any atom is -0.479 e. The molecule has 4 atom stereocenters. The number of hydrogen-bond acceptors (Lipinski definition) is 6. The zero-order valence-electron chi connectivity index (χ0n) is 12.1. The molecule has 0 aliphatic heterocycles. The molecule has 0 heterocycles. The molecule has 0 fully saturated rings. The molecule has 0 rings (SSSR count). The number of carbonyl (C=O) groups is 1. The van der Waals surface area contributed by atoms with Crippen LogP contribution in [-0.2, 0) is 4.79 Å². The lowest BCUT2D eigenvalue weighted by Gasteiger charge is -2.23. The number of rotatable bonds is 5. The molecule has 0 aliphatic carbocycles. The molecule has 0 spiro atoms. The highest BCUT2D eigenvalue weighted by Crippen LogP contribution is 2.04. The van der Waals surface area contributed by atoms with Crippen molar-refractivity contribution in [1.82, 2.24) is 0 Å². The van der Waals surface area contributed by atoms with E-state index >= 15 is 0 Å². The SMILES string of the molecule is [2H]C([2H])(O)[C@@]([2H])(O)[C@@]([2H])(O)[C@]([2H])(O)[C@@]([2H])(O)C(=O)O. The quantitative estimate of drug-likeness (QED) is 0.272. The predicted molar refractivity (Wildman–Crippen MR) is 38.7 cm³/mol. The van der Waals surface area contributed by atoms with Gasteiger partial charge >= 0.3 is 5.97 Å². The molecule has 6 N–H and O–H groups in total. The first-order valence-corrected chi connectivity index (χ1v) is 2.80. The lowest BCUT2D eigenvalue weighted by molar-refractivity contribution is -0.164. The van der Waals surface area contributed by atoms with E-state index in [0.717, 1.165) is 0 Å². The second-order valence-electron chi connectivity index (χ2n) is 1.81. The van der Waals surface area contributed by atoms with Crippen LogP contribution in [0, 0.1) is 0 Å². The van der Waals surface area contributed by atoms with Crippen molar-refractivity contribution >= 4 is 5.97 Å². The van der Waals surface area contributed by atoms with Crippen molar-refractivity contribution in [2.75, 3.05) is 6.56 Å². The van der Waals surface area contributed by atoms with Crippen LogP contribution in [0.15, 0.2) is 0 Å². The van der Waals surface area contributed by atoms with Gasteiger partial charge in [0.05, 0.1) is 14.8 Å². The van der Waals surface area contributed by atoms with Crippen molar-refractivity contribution in [3.63, 3.8) is 0 Å². The van der Waals surface area contributed by atoms with Crippen molar-refractivity contribution in [3.8, 4) is 0 Å². The van der Waals surface area contributed by atoms with E-state index in [1.165, 1.54) is 0 Å². The van der Waals surface area contributed by atoms with Crippen molar-refractivity contribution in [2.45, 2.75) is 24.3 Å². The normalized spacial score (nSPS) is 37.9. The Balaban J connectivity index is 5.99. The molecule has 0 bridgehead atoms. The summed E-state index contributed by atoms with van der Waals surface area (Å²) in [5, 5.41) is 54.0. The Bertz CT molecular complexity index is 373. The molecule has 13 heavy (non-hydrogen) atoms. The zero-order chi connectivity index (χ0) is 16.1. The van der Waals surface area contributed by atoms with Gasteiger partial charge in [0.1, 0.15) is 18.2 Å². The fraction of sp³-hybridized carbons (Fsp3) is 0.833. The molecular formula is C6H12O7. The molecule has 0 unspecified atom stereocenters. The minimum absolute atomic E-state index is 2.62. The number of aliphatic carboxylic acids is 1. The lowest BCUT2D eigenvalue weighted by Crippen LogP contribution is -2.48. The van der Waals surface area contributed by atoms with Crippen molar-refractivity contribution < 1.29 is 43.7 Å². The largest absolute Gasteiger partial charge is 0.479 e. The van der Waals surface area contributed by atoms with Gasteiger partial charge in [-0.3, -0.25) is 0 Å². The van der Waals surface area contributed by atoms with Crippen LogP contribution in [0.4, 0.5) is 0 Å². The number of hydrogen-bond donors (Lipinski definition) is 6. The van der Waals surface area contributed by atoms with Crippen LogP contribution < -0.4 is 0 Å². The van der Waals surface area contributed by atoms with Gasteiger partial charge < -0.3 is 30.6 Å². The maximum absolute atomic E-state index is 10.5. The van der Waals surface area contributed by atoms with Gasteiger partial charge in [0.25, 0.3) is 0 Å². The van der Waals surface area contributed by atoms with Gasteiger partial charge in [0, 0.05) is 0 Å².